The number of carbonyl (C=O) groups is 1. The normalized spacial score (nSPS) is 16.0. The summed E-state index contributed by atoms with van der Waals surface area (Å²) in [7, 11) is -3.38. The van der Waals surface area contributed by atoms with Crippen molar-refractivity contribution in [3.05, 3.63) is 54.4 Å². The van der Waals surface area contributed by atoms with E-state index in [-0.39, 0.29) is 17.7 Å². The van der Waals surface area contributed by atoms with E-state index < -0.39 is 46.0 Å². The molecule has 29 heavy (non-hydrogen) atoms. The first kappa shape index (κ1) is 22.8. The summed E-state index contributed by atoms with van der Waals surface area (Å²) in [6.07, 6.45) is -2.12. The van der Waals surface area contributed by atoms with E-state index in [1.807, 2.05) is 0 Å². The molecule has 2 unspecified atom stereocenters. The zero-order valence-electron chi connectivity index (χ0n) is 15.4. The minimum atomic E-state index is -4.57. The molecule has 1 aromatic carbocycles. The number of pyridine rings is 1. The molecule has 158 valence electrons. The fourth-order valence-electron chi connectivity index (χ4n) is 2.81. The first-order valence-corrected chi connectivity index (χ1v) is 10.7. The van der Waals surface area contributed by atoms with Gasteiger partial charge in [0.05, 0.1) is 5.92 Å². The molecule has 1 aromatic heterocycles. The molecule has 10 heteroatoms. The van der Waals surface area contributed by atoms with Gasteiger partial charge in [-0.2, -0.15) is 13.2 Å². The summed E-state index contributed by atoms with van der Waals surface area (Å²) in [5.41, 5.74) is 6.81. The average molecular weight is 429 g/mol. The van der Waals surface area contributed by atoms with Crippen LogP contribution in [0.5, 0.6) is 0 Å². The molecule has 0 radical (unpaired) electrons. The summed E-state index contributed by atoms with van der Waals surface area (Å²) in [6.45, 7) is 0. The molecule has 0 aliphatic rings. The molecular formula is C19H22F3N3O3S. The highest BCUT2D eigenvalue weighted by molar-refractivity contribution is 7.92. The van der Waals surface area contributed by atoms with Crippen LogP contribution in [0.25, 0.3) is 11.1 Å². The molecule has 0 saturated heterocycles. The molecule has 0 amide bonds. The first-order valence-electron chi connectivity index (χ1n) is 8.79. The largest absolute Gasteiger partial charge is 0.480 e. The summed E-state index contributed by atoms with van der Waals surface area (Å²) in [4.78, 5) is 14.7. The Morgan fingerprint density at radius 3 is 2.28 bits per heavy atom. The van der Waals surface area contributed by atoms with E-state index in [1.165, 1.54) is 12.1 Å². The Morgan fingerprint density at radius 1 is 1.14 bits per heavy atom. The van der Waals surface area contributed by atoms with Crippen molar-refractivity contribution < 1.29 is 27.3 Å². The number of halogens is 3. The Morgan fingerprint density at radius 2 is 1.76 bits per heavy atom. The minimum Gasteiger partial charge on any atom is -0.480 e. The quantitative estimate of drug-likeness (QED) is 0.563. The third-order valence-electron chi connectivity index (χ3n) is 4.52. The second-order valence-corrected chi connectivity index (χ2v) is 9.14. The molecule has 6 nitrogen and oxygen atoms in total. The number of nitrogens with one attached hydrogen (secondary N) is 1. The van der Waals surface area contributed by atoms with Crippen LogP contribution >= 0.6 is 0 Å². The molecule has 4 N–H and O–H groups in total. The average Bonchev–Trinajstić information content (AvgIpc) is 2.66. The van der Waals surface area contributed by atoms with Gasteiger partial charge in [0.1, 0.15) is 6.04 Å². The van der Waals surface area contributed by atoms with E-state index in [4.69, 9.17) is 15.6 Å². The van der Waals surface area contributed by atoms with E-state index in [0.717, 1.165) is 11.1 Å². The predicted octanol–water partition coefficient (Wildman–Crippen LogP) is 3.63. The minimum absolute atomic E-state index is 0.0163. The maximum atomic E-state index is 13.6. The summed E-state index contributed by atoms with van der Waals surface area (Å²) in [6, 6.07) is 8.09. The van der Waals surface area contributed by atoms with Crippen LogP contribution in [0.15, 0.2) is 48.8 Å². The first-order chi connectivity index (χ1) is 13.5. The number of carboxylic acids is 1. The van der Waals surface area contributed by atoms with Crippen molar-refractivity contribution in [1.82, 2.24) is 4.98 Å². The second-order valence-electron chi connectivity index (χ2n) is 6.70. The van der Waals surface area contributed by atoms with Gasteiger partial charge in [-0.3, -0.25) is 14.6 Å². The zero-order valence-corrected chi connectivity index (χ0v) is 16.2. The van der Waals surface area contributed by atoms with E-state index in [0.29, 0.717) is 0 Å². The molecule has 0 fully saturated rings. The fourth-order valence-corrected chi connectivity index (χ4v) is 4.27. The van der Waals surface area contributed by atoms with Crippen molar-refractivity contribution >= 4 is 15.7 Å². The number of rotatable bonds is 9. The van der Waals surface area contributed by atoms with Gasteiger partial charge in [0.2, 0.25) is 0 Å². The topological polar surface area (TPSA) is 117 Å². The summed E-state index contributed by atoms with van der Waals surface area (Å²) >= 11 is 0. The monoisotopic (exact) mass is 429 g/mol. The van der Waals surface area contributed by atoms with Gasteiger partial charge in [-0.15, -0.1) is 0 Å². The van der Waals surface area contributed by atoms with Gasteiger partial charge in [-0.1, -0.05) is 30.3 Å². The Labute approximate surface area is 166 Å². The van der Waals surface area contributed by atoms with Crippen LogP contribution in [-0.4, -0.2) is 44.0 Å². The van der Waals surface area contributed by atoms with Crippen molar-refractivity contribution in [1.29, 1.82) is 4.78 Å². The van der Waals surface area contributed by atoms with Gasteiger partial charge in [0, 0.05) is 33.6 Å². The van der Waals surface area contributed by atoms with Crippen LogP contribution in [0.1, 0.15) is 24.3 Å². The van der Waals surface area contributed by atoms with Crippen LogP contribution in [0.3, 0.4) is 0 Å². The molecule has 1 heterocycles. The van der Waals surface area contributed by atoms with Gasteiger partial charge >= 0.3 is 12.1 Å². The molecule has 2 aromatic rings. The summed E-state index contributed by atoms with van der Waals surface area (Å²) < 4.78 is 60.7. The highest BCUT2D eigenvalue weighted by atomic mass is 32.2. The molecular weight excluding hydrogens is 407 g/mol. The number of nitrogens with two attached hydrogens (primary N) is 1. The van der Waals surface area contributed by atoms with Gasteiger partial charge in [-0.05, 0) is 35.6 Å². The third kappa shape index (κ3) is 6.82. The van der Waals surface area contributed by atoms with Crippen LogP contribution in [0.2, 0.25) is 0 Å². The number of aliphatic carboxylic acids is 1. The standard InChI is InChI=1S/C19H22F3N3O3S/c20-19(21,22)16(7-10-29(24,28)11-8-17(23)18(26)27)14-5-3-13(4-6-14)15-2-1-9-25-12-15/h1-6,9,12,16-17,24H,7-8,10-11,23H2,(H,26,27)/t16?,17-,29?/m0/s1. The van der Waals surface area contributed by atoms with E-state index in [9.17, 15) is 22.2 Å². The highest BCUT2D eigenvalue weighted by Crippen LogP contribution is 2.38. The molecule has 2 rings (SSSR count). The smallest absolute Gasteiger partial charge is 0.395 e. The Kier molecular flexibility index (Phi) is 7.37. The van der Waals surface area contributed by atoms with Crippen LogP contribution < -0.4 is 5.73 Å². The van der Waals surface area contributed by atoms with E-state index in [2.05, 4.69) is 4.98 Å². The molecule has 0 aliphatic carbocycles. The lowest BCUT2D eigenvalue weighted by Gasteiger charge is -2.22. The number of aromatic nitrogens is 1. The number of nitrogens with zero attached hydrogens (tertiary/aromatic N) is 1. The third-order valence-corrected chi connectivity index (χ3v) is 6.31. The number of hydrogen-bond donors (Lipinski definition) is 3. The Balaban J connectivity index is 2.11. The van der Waals surface area contributed by atoms with Gasteiger partial charge in [0.25, 0.3) is 0 Å². The maximum absolute atomic E-state index is 13.6. The molecule has 0 bridgehead atoms. The lowest BCUT2D eigenvalue weighted by atomic mass is 9.94. The van der Waals surface area contributed by atoms with E-state index >= 15 is 0 Å². The molecule has 0 spiro atoms. The van der Waals surface area contributed by atoms with Crippen molar-refractivity contribution in [3.63, 3.8) is 0 Å². The van der Waals surface area contributed by atoms with Crippen LogP contribution in [-0.2, 0) is 14.5 Å². The van der Waals surface area contributed by atoms with Crippen molar-refractivity contribution in [2.75, 3.05) is 11.5 Å². The van der Waals surface area contributed by atoms with Crippen LogP contribution in [0, 0.1) is 4.78 Å². The molecule has 0 saturated carbocycles. The van der Waals surface area contributed by atoms with Gasteiger partial charge in [0.15, 0.2) is 0 Å². The molecule has 0 aliphatic heterocycles. The molecule has 3 atom stereocenters. The van der Waals surface area contributed by atoms with Crippen molar-refractivity contribution in [2.24, 2.45) is 5.73 Å². The van der Waals surface area contributed by atoms with E-state index in [1.54, 1.807) is 36.7 Å². The van der Waals surface area contributed by atoms with Gasteiger partial charge in [-0.25, -0.2) is 4.21 Å². The van der Waals surface area contributed by atoms with Crippen molar-refractivity contribution in [2.45, 2.75) is 31.0 Å². The number of carboxylic acid groups (broad SMARTS) is 1. The second kappa shape index (κ2) is 9.36. The number of benzene rings is 1. The SMILES string of the molecule is N=S(=O)(CCC(c1ccc(-c2cccnc2)cc1)C(F)(F)F)CC[C@H](N)C(=O)O. The fraction of sp³-hybridized carbons (Fsp3) is 0.368. The zero-order chi connectivity index (χ0) is 21.7. The summed E-state index contributed by atoms with van der Waals surface area (Å²) in [5.74, 6) is -4.02. The van der Waals surface area contributed by atoms with Gasteiger partial charge < -0.3 is 10.8 Å². The van der Waals surface area contributed by atoms with Crippen LogP contribution in [0.4, 0.5) is 13.2 Å². The lowest BCUT2D eigenvalue weighted by molar-refractivity contribution is -0.150. The lowest BCUT2D eigenvalue weighted by Crippen LogP contribution is -2.32. The highest BCUT2D eigenvalue weighted by Gasteiger charge is 2.40. The summed E-state index contributed by atoms with van der Waals surface area (Å²) in [5, 5.41) is 8.73. The number of alkyl halides is 3. The predicted molar refractivity (Wildman–Crippen MR) is 104 cm³/mol. The van der Waals surface area contributed by atoms with Crippen molar-refractivity contribution in [3.8, 4) is 11.1 Å². The number of hydrogen-bond acceptors (Lipinski definition) is 5. The Hall–Kier alpha value is -2.46. The maximum Gasteiger partial charge on any atom is 0.395 e. The Bertz CT molecular complexity index is 917.